The molecule has 4 aromatic rings. The van der Waals surface area contributed by atoms with Crippen LogP contribution in [-0.4, -0.2) is 32.1 Å². The van der Waals surface area contributed by atoms with Gasteiger partial charge in [-0.1, -0.05) is 49.4 Å². The third kappa shape index (κ3) is 3.75. The van der Waals surface area contributed by atoms with Crippen LogP contribution in [0.3, 0.4) is 0 Å². The summed E-state index contributed by atoms with van der Waals surface area (Å²) in [5, 5.41) is 8.52. The van der Waals surface area contributed by atoms with Gasteiger partial charge in [-0.3, -0.25) is 14.5 Å². The van der Waals surface area contributed by atoms with Gasteiger partial charge in [-0.15, -0.1) is 0 Å². The molecule has 2 aromatic heterocycles. The zero-order valence-corrected chi connectivity index (χ0v) is 18.0. The molecule has 32 heavy (non-hydrogen) atoms. The average Bonchev–Trinajstić information content (AvgIpc) is 3.25. The maximum absolute atomic E-state index is 13.4. The average molecular weight is 424 g/mol. The lowest BCUT2D eigenvalue weighted by Gasteiger charge is -2.37. The molecule has 0 radical (unpaired) electrons. The van der Waals surface area contributed by atoms with E-state index in [-0.39, 0.29) is 12.1 Å². The number of hydrogen-bond acceptors (Lipinski definition) is 4. The zero-order chi connectivity index (χ0) is 21.9. The molecule has 3 heterocycles. The van der Waals surface area contributed by atoms with E-state index in [0.717, 1.165) is 28.9 Å². The van der Waals surface area contributed by atoms with Crippen LogP contribution in [-0.2, 0) is 6.54 Å². The van der Waals surface area contributed by atoms with Gasteiger partial charge in [0.15, 0.2) is 0 Å². The molecule has 0 spiro atoms. The lowest BCUT2D eigenvalue weighted by Crippen LogP contribution is -2.43. The van der Waals surface area contributed by atoms with Gasteiger partial charge in [0.1, 0.15) is 11.9 Å². The molecule has 1 amide bonds. The number of benzene rings is 2. The van der Waals surface area contributed by atoms with Crippen molar-refractivity contribution < 1.29 is 4.79 Å². The first-order valence-electron chi connectivity index (χ1n) is 10.9. The molecule has 0 bridgehead atoms. The van der Waals surface area contributed by atoms with Crippen LogP contribution in [0.15, 0.2) is 85.3 Å². The normalized spacial score (nSPS) is 15.3. The summed E-state index contributed by atoms with van der Waals surface area (Å²) in [5.74, 6) is 0.0409. The van der Waals surface area contributed by atoms with E-state index in [9.17, 15) is 4.79 Å². The molecule has 0 aliphatic carbocycles. The SMILES string of the molecule is CCCN1C(=O)c2ccccc2NC1c1cn(Cc2ccccc2)nc1-c1cccnc1. The second-order valence-corrected chi connectivity index (χ2v) is 7.95. The molecule has 1 unspecified atom stereocenters. The number of pyridine rings is 1. The van der Waals surface area contributed by atoms with Crippen LogP contribution >= 0.6 is 0 Å². The van der Waals surface area contributed by atoms with Gasteiger partial charge in [0, 0.05) is 41.9 Å². The maximum atomic E-state index is 13.4. The van der Waals surface area contributed by atoms with E-state index in [1.165, 1.54) is 5.56 Å². The fourth-order valence-electron chi connectivity index (χ4n) is 4.23. The number of amides is 1. The Hall–Kier alpha value is -3.93. The first kappa shape index (κ1) is 20.0. The number of fused-ring (bicyclic) bond motifs is 1. The van der Waals surface area contributed by atoms with Gasteiger partial charge in [-0.25, -0.2) is 0 Å². The summed E-state index contributed by atoms with van der Waals surface area (Å²) in [5.41, 5.74) is 5.45. The minimum Gasteiger partial charge on any atom is -0.361 e. The van der Waals surface area contributed by atoms with Gasteiger partial charge in [-0.2, -0.15) is 5.10 Å². The first-order chi connectivity index (χ1) is 15.7. The molecule has 0 saturated carbocycles. The maximum Gasteiger partial charge on any atom is 0.257 e. The lowest BCUT2D eigenvalue weighted by atomic mass is 10.0. The molecule has 6 heteroatoms. The van der Waals surface area contributed by atoms with Crippen LogP contribution in [0.2, 0.25) is 0 Å². The number of nitrogens with zero attached hydrogens (tertiary/aromatic N) is 4. The van der Waals surface area contributed by atoms with Crippen LogP contribution in [0.5, 0.6) is 0 Å². The molecule has 1 atom stereocenters. The van der Waals surface area contributed by atoms with Crippen molar-refractivity contribution in [2.24, 2.45) is 0 Å². The lowest BCUT2D eigenvalue weighted by molar-refractivity contribution is 0.0683. The van der Waals surface area contributed by atoms with E-state index < -0.39 is 0 Å². The molecular formula is C26H25N5O. The second-order valence-electron chi connectivity index (χ2n) is 7.95. The highest BCUT2D eigenvalue weighted by molar-refractivity contribution is 6.01. The van der Waals surface area contributed by atoms with Crippen molar-refractivity contribution in [3.05, 3.63) is 102 Å². The summed E-state index contributed by atoms with van der Waals surface area (Å²) in [7, 11) is 0. The standard InChI is InChI=1S/C26H25N5O/c1-2-15-31-25(28-23-13-7-6-12-21(23)26(31)32)22-18-30(17-19-9-4-3-5-10-19)29-24(22)20-11-8-14-27-16-20/h3-14,16,18,25,28H,2,15,17H2,1H3. The largest absolute Gasteiger partial charge is 0.361 e. The van der Waals surface area contributed by atoms with Gasteiger partial charge >= 0.3 is 0 Å². The summed E-state index contributed by atoms with van der Waals surface area (Å²) in [6, 6.07) is 21.9. The first-order valence-corrected chi connectivity index (χ1v) is 10.9. The van der Waals surface area contributed by atoms with Gasteiger partial charge in [0.25, 0.3) is 5.91 Å². The predicted molar refractivity (Wildman–Crippen MR) is 125 cm³/mol. The van der Waals surface area contributed by atoms with E-state index in [2.05, 4.69) is 35.6 Å². The Kier molecular flexibility index (Phi) is 5.42. The third-order valence-corrected chi connectivity index (χ3v) is 5.69. The molecule has 6 nitrogen and oxygen atoms in total. The second kappa shape index (κ2) is 8.67. The van der Waals surface area contributed by atoms with Crippen molar-refractivity contribution in [2.45, 2.75) is 26.1 Å². The Bertz CT molecular complexity index is 1220. The van der Waals surface area contributed by atoms with Crippen LogP contribution in [0.1, 0.15) is 41.0 Å². The van der Waals surface area contributed by atoms with Gasteiger partial charge < -0.3 is 10.2 Å². The number of hydrogen-bond donors (Lipinski definition) is 1. The molecule has 0 fully saturated rings. The number of nitrogens with one attached hydrogen (secondary N) is 1. The molecule has 1 aliphatic heterocycles. The fraction of sp³-hybridized carbons (Fsp3) is 0.192. The topological polar surface area (TPSA) is 63.1 Å². The van der Waals surface area contributed by atoms with E-state index in [1.807, 2.05) is 70.4 Å². The number of anilines is 1. The number of para-hydroxylation sites is 1. The van der Waals surface area contributed by atoms with Crippen molar-refractivity contribution in [3.8, 4) is 11.3 Å². The smallest absolute Gasteiger partial charge is 0.257 e. The number of rotatable bonds is 6. The number of aromatic nitrogens is 3. The van der Waals surface area contributed by atoms with Gasteiger partial charge in [0.2, 0.25) is 0 Å². The summed E-state index contributed by atoms with van der Waals surface area (Å²) >= 11 is 0. The Balaban J connectivity index is 1.61. The minimum atomic E-state index is -0.308. The minimum absolute atomic E-state index is 0.0409. The molecule has 160 valence electrons. The highest BCUT2D eigenvalue weighted by Crippen LogP contribution is 2.37. The van der Waals surface area contributed by atoms with E-state index in [4.69, 9.17) is 5.10 Å². The van der Waals surface area contributed by atoms with E-state index in [1.54, 1.807) is 6.20 Å². The van der Waals surface area contributed by atoms with Gasteiger partial charge in [0.05, 0.1) is 12.1 Å². The molecule has 2 aromatic carbocycles. The van der Waals surface area contributed by atoms with E-state index in [0.29, 0.717) is 18.7 Å². The Morgan fingerprint density at radius 2 is 1.81 bits per heavy atom. The van der Waals surface area contributed by atoms with Gasteiger partial charge in [-0.05, 0) is 36.2 Å². The van der Waals surface area contributed by atoms with Crippen molar-refractivity contribution in [2.75, 3.05) is 11.9 Å². The van der Waals surface area contributed by atoms with Crippen LogP contribution in [0.25, 0.3) is 11.3 Å². The fourth-order valence-corrected chi connectivity index (χ4v) is 4.23. The summed E-state index contributed by atoms with van der Waals surface area (Å²) in [6.07, 6.45) is 6.19. The number of carbonyl (C=O) groups is 1. The van der Waals surface area contributed by atoms with Crippen molar-refractivity contribution in [1.82, 2.24) is 19.7 Å². The third-order valence-electron chi connectivity index (χ3n) is 5.69. The summed E-state index contributed by atoms with van der Waals surface area (Å²) in [4.78, 5) is 19.6. The summed E-state index contributed by atoms with van der Waals surface area (Å²) < 4.78 is 1.95. The quantitative estimate of drug-likeness (QED) is 0.476. The van der Waals surface area contributed by atoms with Crippen LogP contribution in [0, 0.1) is 0 Å². The predicted octanol–water partition coefficient (Wildman–Crippen LogP) is 4.97. The Morgan fingerprint density at radius 1 is 1.00 bits per heavy atom. The molecule has 0 saturated heterocycles. The Morgan fingerprint density at radius 3 is 2.59 bits per heavy atom. The monoisotopic (exact) mass is 423 g/mol. The molecule has 1 N–H and O–H groups in total. The molecule has 5 rings (SSSR count). The van der Waals surface area contributed by atoms with Crippen molar-refractivity contribution in [3.63, 3.8) is 0 Å². The molecule has 1 aliphatic rings. The highest BCUT2D eigenvalue weighted by atomic mass is 16.2. The Labute approximate surface area is 187 Å². The van der Waals surface area contributed by atoms with Crippen LogP contribution < -0.4 is 5.32 Å². The zero-order valence-electron chi connectivity index (χ0n) is 18.0. The van der Waals surface area contributed by atoms with Crippen LogP contribution in [0.4, 0.5) is 5.69 Å². The summed E-state index contributed by atoms with van der Waals surface area (Å²) in [6.45, 7) is 3.39. The van der Waals surface area contributed by atoms with Crippen molar-refractivity contribution in [1.29, 1.82) is 0 Å². The molecular weight excluding hydrogens is 398 g/mol. The van der Waals surface area contributed by atoms with E-state index >= 15 is 0 Å². The van der Waals surface area contributed by atoms with Crippen molar-refractivity contribution >= 4 is 11.6 Å². The number of carbonyl (C=O) groups excluding carboxylic acids is 1. The highest BCUT2D eigenvalue weighted by Gasteiger charge is 2.34.